The summed E-state index contributed by atoms with van der Waals surface area (Å²) in [6, 6.07) is 2.12. The largest absolute Gasteiger partial charge is 0.490 e. The first kappa shape index (κ1) is 22.9. The van der Waals surface area contributed by atoms with Gasteiger partial charge in [-0.05, 0) is 18.9 Å². The first-order chi connectivity index (χ1) is 14.7. The smallest absolute Gasteiger partial charge is 0.475 e. The lowest BCUT2D eigenvalue weighted by atomic mass is 10.2. The molecule has 0 saturated carbocycles. The number of anilines is 1. The van der Waals surface area contributed by atoms with Crippen molar-refractivity contribution in [3.8, 4) is 0 Å². The molecule has 0 radical (unpaired) electrons. The van der Waals surface area contributed by atoms with Gasteiger partial charge < -0.3 is 14.7 Å². The lowest BCUT2D eigenvalue weighted by Gasteiger charge is -2.34. The Kier molecular flexibility index (Phi) is 7.44. The van der Waals surface area contributed by atoms with Crippen LogP contribution in [0.4, 0.5) is 19.0 Å². The highest BCUT2D eigenvalue weighted by molar-refractivity contribution is 5.73. The molecule has 4 rings (SSSR count). The molecule has 2 aromatic heterocycles. The minimum Gasteiger partial charge on any atom is -0.475 e. The fraction of sp³-hybridized carbons (Fsp3) is 0.579. The zero-order chi connectivity index (χ0) is 22.4. The van der Waals surface area contributed by atoms with Crippen molar-refractivity contribution in [1.82, 2.24) is 24.6 Å². The van der Waals surface area contributed by atoms with Gasteiger partial charge in [-0.2, -0.15) is 18.3 Å². The zero-order valence-electron chi connectivity index (χ0n) is 17.1. The molecule has 0 aliphatic carbocycles. The molecule has 4 heterocycles. The molecule has 12 heteroatoms. The maximum absolute atomic E-state index is 10.6. The van der Waals surface area contributed by atoms with Gasteiger partial charge in [0.1, 0.15) is 11.6 Å². The Hall–Kier alpha value is -2.73. The van der Waals surface area contributed by atoms with Crippen molar-refractivity contribution in [3.05, 3.63) is 36.0 Å². The van der Waals surface area contributed by atoms with Crippen LogP contribution in [0.3, 0.4) is 0 Å². The summed E-state index contributed by atoms with van der Waals surface area (Å²) in [6.45, 7) is 5.32. The van der Waals surface area contributed by atoms with Crippen LogP contribution in [0.15, 0.2) is 24.7 Å². The van der Waals surface area contributed by atoms with Crippen LogP contribution in [0.25, 0.3) is 0 Å². The maximum Gasteiger partial charge on any atom is 0.490 e. The Morgan fingerprint density at radius 1 is 1.29 bits per heavy atom. The second-order valence-corrected chi connectivity index (χ2v) is 7.35. The molecule has 1 atom stereocenters. The van der Waals surface area contributed by atoms with E-state index in [2.05, 4.69) is 26.1 Å². The summed E-state index contributed by atoms with van der Waals surface area (Å²) < 4.78 is 39.3. The molecule has 9 nitrogen and oxygen atoms in total. The number of morpholine rings is 1. The average Bonchev–Trinajstić information content (AvgIpc) is 3.40. The number of carboxylic acid groups (broad SMARTS) is 1. The fourth-order valence-corrected chi connectivity index (χ4v) is 3.50. The number of aromatic nitrogens is 4. The number of hydrogen-bond donors (Lipinski definition) is 1. The molecule has 2 aromatic rings. The van der Waals surface area contributed by atoms with Gasteiger partial charge in [0.05, 0.1) is 25.5 Å². The van der Waals surface area contributed by atoms with Gasteiger partial charge in [0.15, 0.2) is 0 Å². The van der Waals surface area contributed by atoms with Crippen molar-refractivity contribution >= 4 is 11.8 Å². The summed E-state index contributed by atoms with van der Waals surface area (Å²) >= 11 is 0. The number of carboxylic acids is 1. The normalized spacial score (nSPS) is 19.7. The molecule has 1 unspecified atom stereocenters. The van der Waals surface area contributed by atoms with Crippen molar-refractivity contribution in [2.24, 2.45) is 7.05 Å². The second kappa shape index (κ2) is 10.1. The molecule has 2 aliphatic heterocycles. The summed E-state index contributed by atoms with van der Waals surface area (Å²) in [5, 5.41) is 11.4. The van der Waals surface area contributed by atoms with Gasteiger partial charge in [0.25, 0.3) is 0 Å². The molecule has 1 N–H and O–H groups in total. The average molecular weight is 442 g/mol. The van der Waals surface area contributed by atoms with Crippen LogP contribution in [0.1, 0.15) is 30.3 Å². The van der Waals surface area contributed by atoms with Crippen LogP contribution in [0.2, 0.25) is 0 Å². The Bertz CT molecular complexity index is 870. The molecule has 31 heavy (non-hydrogen) atoms. The zero-order valence-corrected chi connectivity index (χ0v) is 17.1. The second-order valence-electron chi connectivity index (χ2n) is 7.35. The minimum absolute atomic E-state index is 0.0986. The predicted octanol–water partition coefficient (Wildman–Crippen LogP) is 2.02. The van der Waals surface area contributed by atoms with Crippen LogP contribution in [-0.4, -0.2) is 74.7 Å². The van der Waals surface area contributed by atoms with Gasteiger partial charge in [-0.25, -0.2) is 14.8 Å². The van der Waals surface area contributed by atoms with Gasteiger partial charge in [0, 0.05) is 51.2 Å². The van der Waals surface area contributed by atoms with Gasteiger partial charge in [-0.1, -0.05) is 0 Å². The lowest BCUT2D eigenvalue weighted by Crippen LogP contribution is -2.40. The lowest BCUT2D eigenvalue weighted by molar-refractivity contribution is -0.192. The number of aliphatic carboxylic acids is 1. The summed E-state index contributed by atoms with van der Waals surface area (Å²) in [6.07, 6.45) is 3.28. The van der Waals surface area contributed by atoms with E-state index < -0.39 is 12.1 Å². The third kappa shape index (κ3) is 6.37. The molecular weight excluding hydrogens is 417 g/mol. The number of aryl methyl sites for hydroxylation is 1. The molecule has 0 bridgehead atoms. The molecule has 170 valence electrons. The van der Waals surface area contributed by atoms with Crippen LogP contribution in [-0.2, 0) is 23.1 Å². The van der Waals surface area contributed by atoms with Gasteiger partial charge in [-0.15, -0.1) is 0 Å². The third-order valence-electron chi connectivity index (χ3n) is 5.01. The molecule has 2 fully saturated rings. The van der Waals surface area contributed by atoms with Crippen LogP contribution < -0.4 is 4.90 Å². The number of hydrogen-bond acceptors (Lipinski definition) is 7. The van der Waals surface area contributed by atoms with E-state index in [0.717, 1.165) is 44.4 Å². The summed E-state index contributed by atoms with van der Waals surface area (Å²) in [5.74, 6) is -0.847. The molecule has 0 amide bonds. The highest BCUT2D eigenvalue weighted by Gasteiger charge is 2.38. The van der Waals surface area contributed by atoms with Gasteiger partial charge in [-0.3, -0.25) is 9.58 Å². The molecule has 0 aromatic carbocycles. The van der Waals surface area contributed by atoms with E-state index in [1.54, 1.807) is 0 Å². The van der Waals surface area contributed by atoms with Crippen molar-refractivity contribution in [3.63, 3.8) is 0 Å². The standard InChI is InChI=1S/C17H24N6O.C2HF3O2/c1-21-11-14(10-19-21)12-23-8-9-24-13-15(23)17-18-5-4-16(20-17)22-6-2-3-7-22;3-2(4,5)1(6)7/h4-5,10-11,15H,2-3,6-9,12-13H2,1H3;(H,6,7). The first-order valence-corrected chi connectivity index (χ1v) is 9.91. The topological polar surface area (TPSA) is 96.6 Å². The molecule has 0 spiro atoms. The van der Waals surface area contributed by atoms with Gasteiger partial charge in [0.2, 0.25) is 0 Å². The Balaban J connectivity index is 0.000000339. The van der Waals surface area contributed by atoms with Crippen molar-refractivity contribution < 1.29 is 27.8 Å². The van der Waals surface area contributed by atoms with E-state index in [4.69, 9.17) is 19.6 Å². The number of halogens is 3. The number of carbonyl (C=O) groups is 1. The molecular formula is C19H25F3N6O3. The maximum atomic E-state index is 10.6. The van der Waals surface area contributed by atoms with E-state index in [0.29, 0.717) is 6.61 Å². The Labute approximate surface area is 177 Å². The van der Waals surface area contributed by atoms with Crippen molar-refractivity contribution in [1.29, 1.82) is 0 Å². The van der Waals surface area contributed by atoms with E-state index in [9.17, 15) is 13.2 Å². The first-order valence-electron chi connectivity index (χ1n) is 9.91. The van der Waals surface area contributed by atoms with Gasteiger partial charge >= 0.3 is 12.1 Å². The monoisotopic (exact) mass is 442 g/mol. The summed E-state index contributed by atoms with van der Waals surface area (Å²) in [5.41, 5.74) is 1.21. The highest BCUT2D eigenvalue weighted by Crippen LogP contribution is 2.25. The molecule has 2 aliphatic rings. The molecule has 2 saturated heterocycles. The van der Waals surface area contributed by atoms with Crippen molar-refractivity contribution in [2.45, 2.75) is 31.6 Å². The third-order valence-corrected chi connectivity index (χ3v) is 5.01. The quantitative estimate of drug-likeness (QED) is 0.768. The Morgan fingerprint density at radius 3 is 2.61 bits per heavy atom. The Morgan fingerprint density at radius 2 is 2.00 bits per heavy atom. The fourth-order valence-electron chi connectivity index (χ4n) is 3.50. The van der Waals surface area contributed by atoms with Crippen LogP contribution in [0, 0.1) is 0 Å². The number of alkyl halides is 3. The van der Waals surface area contributed by atoms with E-state index >= 15 is 0 Å². The number of nitrogens with zero attached hydrogens (tertiary/aromatic N) is 6. The van der Waals surface area contributed by atoms with Crippen LogP contribution >= 0.6 is 0 Å². The SMILES string of the molecule is Cn1cc(CN2CCOCC2c2nccc(N3CCCC3)n2)cn1.O=C(O)C(F)(F)F. The van der Waals surface area contributed by atoms with Crippen molar-refractivity contribution in [2.75, 3.05) is 37.7 Å². The number of rotatable bonds is 4. The summed E-state index contributed by atoms with van der Waals surface area (Å²) in [7, 11) is 1.95. The summed E-state index contributed by atoms with van der Waals surface area (Å²) in [4.78, 5) is 23.0. The van der Waals surface area contributed by atoms with Crippen LogP contribution in [0.5, 0.6) is 0 Å². The van der Waals surface area contributed by atoms with E-state index in [-0.39, 0.29) is 6.04 Å². The predicted molar refractivity (Wildman–Crippen MR) is 104 cm³/mol. The highest BCUT2D eigenvalue weighted by atomic mass is 19.4. The van der Waals surface area contributed by atoms with E-state index in [1.165, 1.54) is 18.4 Å². The van der Waals surface area contributed by atoms with E-state index in [1.807, 2.05) is 30.2 Å². The number of ether oxygens (including phenoxy) is 1. The minimum atomic E-state index is -5.08.